The summed E-state index contributed by atoms with van der Waals surface area (Å²) in [7, 11) is 0. The molecule has 3 heterocycles. The zero-order chi connectivity index (χ0) is 49.4. The lowest BCUT2D eigenvalue weighted by Crippen LogP contribution is -2.24. The molecule has 288 valence electrons. The van der Waals surface area contributed by atoms with Crippen molar-refractivity contribution in [3.63, 3.8) is 0 Å². The van der Waals surface area contributed by atoms with Gasteiger partial charge in [-0.25, -0.2) is 4.98 Å². The number of ether oxygens (including phenoxy) is 1. The van der Waals surface area contributed by atoms with E-state index in [1.54, 1.807) is 30.5 Å². The highest BCUT2D eigenvalue weighted by molar-refractivity contribution is 6.11. The molecule has 61 heavy (non-hydrogen) atoms. The van der Waals surface area contributed by atoms with Crippen LogP contribution in [0.5, 0.6) is 11.5 Å². The molecule has 0 N–H and O–H groups in total. The number of nitriles is 1. The maximum atomic E-state index is 10.3. The normalized spacial score (nSPS) is 14.4. The van der Waals surface area contributed by atoms with Gasteiger partial charge in [0.25, 0.3) is 0 Å². The van der Waals surface area contributed by atoms with Crippen molar-refractivity contribution in [1.29, 1.82) is 5.26 Å². The summed E-state index contributed by atoms with van der Waals surface area (Å²) in [6, 6.07) is 42.3. The van der Waals surface area contributed by atoms with Crippen molar-refractivity contribution < 1.29 is 18.4 Å². The molecule has 0 saturated carbocycles. The Balaban J connectivity index is 1.08. The van der Waals surface area contributed by atoms with Gasteiger partial charge in [0.1, 0.15) is 24.0 Å². The number of para-hydroxylation sites is 4. The minimum absolute atomic E-state index is 0.0705. The average molecular weight is 794 g/mol. The summed E-state index contributed by atoms with van der Waals surface area (Å²) >= 11 is 0. The van der Waals surface area contributed by atoms with E-state index in [0.717, 1.165) is 33.3 Å². The Kier molecular flexibility index (Phi) is 6.57. The quantitative estimate of drug-likeness (QED) is 0.153. The second-order valence-corrected chi connectivity index (χ2v) is 14.4. The molecule has 0 fully saturated rings. The van der Waals surface area contributed by atoms with E-state index < -0.39 is 60.4 Å². The van der Waals surface area contributed by atoms with Gasteiger partial charge in [0.2, 0.25) is 0 Å². The van der Waals surface area contributed by atoms with Crippen LogP contribution < -0.4 is 14.5 Å². The molecule has 0 spiro atoms. The Labute approximate surface area is 368 Å². The van der Waals surface area contributed by atoms with Gasteiger partial charge in [0.05, 0.1) is 53.4 Å². The zero-order valence-corrected chi connectivity index (χ0v) is 32.3. The van der Waals surface area contributed by atoms with E-state index >= 15 is 0 Å². The second-order valence-electron chi connectivity index (χ2n) is 14.4. The first-order valence-electron chi connectivity index (χ1n) is 24.6. The SMILES string of the molecule is [2H]c1c([2H])c([2H])c(-c2cccc(-c3c([2H])c([2H])c([2H])c([2H])c3[2H])c2N2CN(c3cccc(Oc4cc5c(cc4-c4ccccc4C#N)c4ccccc4n5-c4ccccn4)c3)c3ccccc32)c([2H])c1[2H]. The average Bonchev–Trinajstić information content (AvgIpc) is 3.94. The maximum absolute atomic E-state index is 10.3. The highest BCUT2D eigenvalue weighted by Gasteiger charge is 2.31. The van der Waals surface area contributed by atoms with Crippen LogP contribution in [0.1, 0.15) is 19.3 Å². The number of anilines is 4. The summed E-state index contributed by atoms with van der Waals surface area (Å²) in [5.41, 5.74) is 6.12. The van der Waals surface area contributed by atoms with Crippen LogP contribution in [0.25, 0.3) is 61.0 Å². The van der Waals surface area contributed by atoms with Gasteiger partial charge in [-0.2, -0.15) is 5.26 Å². The maximum Gasteiger partial charge on any atom is 0.137 e. The number of nitrogens with zero attached hydrogens (tertiary/aromatic N) is 5. The van der Waals surface area contributed by atoms with Crippen LogP contribution in [0, 0.1) is 11.3 Å². The van der Waals surface area contributed by atoms with Crippen LogP contribution in [-0.4, -0.2) is 16.2 Å². The first-order chi connectivity index (χ1) is 34.4. The van der Waals surface area contributed by atoms with E-state index in [2.05, 4.69) is 22.8 Å². The third-order valence-electron chi connectivity index (χ3n) is 10.9. The summed E-state index contributed by atoms with van der Waals surface area (Å²) in [4.78, 5) is 8.60. The van der Waals surface area contributed by atoms with Crippen LogP contribution in [0.15, 0.2) is 212 Å². The summed E-state index contributed by atoms with van der Waals surface area (Å²) in [6.07, 6.45) is 1.75. The molecule has 8 aromatic carbocycles. The lowest BCUT2D eigenvalue weighted by Gasteiger charge is -2.27. The molecule has 1 aliphatic rings. The van der Waals surface area contributed by atoms with Crippen molar-refractivity contribution in [3.05, 3.63) is 218 Å². The molecule has 10 aromatic rings. The Morgan fingerprint density at radius 3 is 1.95 bits per heavy atom. The number of rotatable bonds is 8. The lowest BCUT2D eigenvalue weighted by atomic mass is 9.95. The van der Waals surface area contributed by atoms with Crippen LogP contribution in [0.4, 0.5) is 22.7 Å². The van der Waals surface area contributed by atoms with E-state index in [4.69, 9.17) is 23.4 Å². The monoisotopic (exact) mass is 793 g/mol. The molecular weight excluding hydrogens is 747 g/mol. The molecule has 0 atom stereocenters. The summed E-state index contributed by atoms with van der Waals surface area (Å²) < 4.78 is 96.4. The number of pyridine rings is 1. The third-order valence-corrected chi connectivity index (χ3v) is 10.9. The van der Waals surface area contributed by atoms with Crippen molar-refractivity contribution in [1.82, 2.24) is 9.55 Å². The van der Waals surface area contributed by atoms with Crippen LogP contribution in [0.3, 0.4) is 0 Å². The second kappa shape index (κ2) is 15.1. The molecule has 2 aromatic heterocycles. The van der Waals surface area contributed by atoms with Gasteiger partial charge in [-0.15, -0.1) is 0 Å². The molecule has 0 radical (unpaired) electrons. The van der Waals surface area contributed by atoms with Crippen LogP contribution >= 0.6 is 0 Å². The molecular formula is C55H37N5O. The van der Waals surface area contributed by atoms with E-state index in [9.17, 15) is 5.26 Å². The summed E-state index contributed by atoms with van der Waals surface area (Å²) in [5, 5.41) is 12.3. The molecule has 0 unspecified atom stereocenters. The Hall–Kier alpha value is -8.40. The highest BCUT2D eigenvalue weighted by Crippen LogP contribution is 2.50. The number of aromatic nitrogens is 2. The molecule has 0 saturated heterocycles. The number of hydrogen-bond acceptors (Lipinski definition) is 5. The Morgan fingerprint density at radius 1 is 0.557 bits per heavy atom. The van der Waals surface area contributed by atoms with E-state index in [-0.39, 0.29) is 34.6 Å². The van der Waals surface area contributed by atoms with Crippen LogP contribution in [0.2, 0.25) is 0 Å². The first-order valence-corrected chi connectivity index (χ1v) is 19.6. The Morgan fingerprint density at radius 2 is 1.21 bits per heavy atom. The van der Waals surface area contributed by atoms with Gasteiger partial charge < -0.3 is 14.5 Å². The standard InChI is InChI=1S/C55H37N5O/c56-36-40-21-7-8-24-43(40)48-34-47-46-25-9-10-28-49(46)60(54-31-13-14-32-57-54)52(47)35-53(48)61-42-23-15-22-41(33-42)58-37-59(51-30-12-11-29-50(51)58)55-44(38-17-3-1-4-18-38)26-16-27-45(55)39-19-5-2-6-20-39/h1-35H,37H2/i1D,2D,3D,4D,5D,6D,17D,18D,19D,20D. The van der Waals surface area contributed by atoms with Crippen molar-refractivity contribution in [2.45, 2.75) is 0 Å². The molecule has 0 amide bonds. The van der Waals surface area contributed by atoms with E-state index in [1.807, 2.05) is 119 Å². The largest absolute Gasteiger partial charge is 0.457 e. The first kappa shape index (κ1) is 26.6. The number of benzene rings is 8. The van der Waals surface area contributed by atoms with Gasteiger partial charge in [0, 0.05) is 57.0 Å². The van der Waals surface area contributed by atoms with Gasteiger partial charge in [-0.3, -0.25) is 4.57 Å². The molecule has 1 aliphatic heterocycles. The summed E-state index contributed by atoms with van der Waals surface area (Å²) in [5.74, 6) is 1.67. The fraction of sp³-hybridized carbons (Fsp3) is 0.0182. The molecule has 11 rings (SSSR count). The molecule has 0 bridgehead atoms. The van der Waals surface area contributed by atoms with Crippen molar-refractivity contribution >= 4 is 44.6 Å². The summed E-state index contributed by atoms with van der Waals surface area (Å²) in [6.45, 7) is 0.0705. The van der Waals surface area contributed by atoms with Crippen molar-refractivity contribution in [2.75, 3.05) is 16.5 Å². The minimum atomic E-state index is -0.566. The highest BCUT2D eigenvalue weighted by atomic mass is 16.5. The zero-order valence-electron chi connectivity index (χ0n) is 42.3. The fourth-order valence-corrected chi connectivity index (χ4v) is 8.31. The van der Waals surface area contributed by atoms with E-state index in [0.29, 0.717) is 39.6 Å². The topological polar surface area (TPSA) is 57.3 Å². The van der Waals surface area contributed by atoms with Crippen molar-refractivity contribution in [3.8, 4) is 56.8 Å². The molecule has 0 aliphatic carbocycles. The number of hydrogen-bond donors (Lipinski definition) is 0. The minimum Gasteiger partial charge on any atom is -0.457 e. The van der Waals surface area contributed by atoms with Gasteiger partial charge in [-0.05, 0) is 65.7 Å². The van der Waals surface area contributed by atoms with Gasteiger partial charge in [-0.1, -0.05) is 139 Å². The fourth-order valence-electron chi connectivity index (χ4n) is 8.31. The molecule has 6 heteroatoms. The molecule has 6 nitrogen and oxygen atoms in total. The van der Waals surface area contributed by atoms with E-state index in [1.165, 1.54) is 0 Å². The third kappa shape index (κ3) is 6.24. The predicted octanol–water partition coefficient (Wildman–Crippen LogP) is 14.1. The van der Waals surface area contributed by atoms with Crippen LogP contribution in [-0.2, 0) is 0 Å². The lowest BCUT2D eigenvalue weighted by molar-refractivity contribution is 0.485. The van der Waals surface area contributed by atoms with Gasteiger partial charge in [0.15, 0.2) is 0 Å². The Bertz CT molecular complexity index is 3750. The smallest absolute Gasteiger partial charge is 0.137 e. The van der Waals surface area contributed by atoms with Gasteiger partial charge >= 0.3 is 0 Å². The van der Waals surface area contributed by atoms with Crippen molar-refractivity contribution in [2.24, 2.45) is 0 Å². The number of fused-ring (bicyclic) bond motifs is 4. The predicted molar refractivity (Wildman–Crippen MR) is 248 cm³/mol.